The average molecular weight is 357 g/mol. The Morgan fingerprint density at radius 3 is 2.30 bits per heavy atom. The van der Waals surface area contributed by atoms with Gasteiger partial charge >= 0.3 is 0 Å². The smallest absolute Gasteiger partial charge is 0.255 e. The molecule has 0 saturated carbocycles. The molecule has 5 nitrogen and oxygen atoms in total. The summed E-state index contributed by atoms with van der Waals surface area (Å²) in [6, 6.07) is 19.4. The van der Waals surface area contributed by atoms with Gasteiger partial charge in [0, 0.05) is 30.1 Å². The van der Waals surface area contributed by atoms with Crippen molar-refractivity contribution >= 4 is 16.7 Å². The van der Waals surface area contributed by atoms with E-state index >= 15 is 0 Å². The van der Waals surface area contributed by atoms with Crippen LogP contribution in [-0.4, -0.2) is 28.9 Å². The fraction of sp³-hybridized carbons (Fsp3) is 0.227. The first-order chi connectivity index (χ1) is 13.1. The fourth-order valence-corrected chi connectivity index (χ4v) is 3.87. The van der Waals surface area contributed by atoms with Gasteiger partial charge in [-0.2, -0.15) is 5.26 Å². The van der Waals surface area contributed by atoms with E-state index in [4.69, 9.17) is 0 Å². The molecule has 1 aliphatic heterocycles. The van der Waals surface area contributed by atoms with E-state index in [9.17, 15) is 14.9 Å². The molecule has 2 aromatic carbocycles. The standard InChI is InChI=1S/C22H19N3O2/c23-15-22(16-6-2-1-3-7-16)10-12-25(13-11-22)21(27)19-14-24-20(26)18-9-5-4-8-17(18)19/h1-9,14H,10-13H2,(H,24,26). The fourth-order valence-electron chi connectivity index (χ4n) is 3.87. The predicted octanol–water partition coefficient (Wildman–Crippen LogP) is 3.23. The van der Waals surface area contributed by atoms with E-state index in [1.807, 2.05) is 36.4 Å². The quantitative estimate of drug-likeness (QED) is 0.765. The normalized spacial score (nSPS) is 16.0. The Hall–Kier alpha value is -3.39. The molecule has 0 aliphatic carbocycles. The summed E-state index contributed by atoms with van der Waals surface area (Å²) in [6.07, 6.45) is 2.69. The molecule has 27 heavy (non-hydrogen) atoms. The van der Waals surface area contributed by atoms with Gasteiger partial charge in [0.05, 0.1) is 17.0 Å². The third kappa shape index (κ3) is 2.89. The molecule has 0 spiro atoms. The molecule has 1 saturated heterocycles. The summed E-state index contributed by atoms with van der Waals surface area (Å²) < 4.78 is 0. The van der Waals surface area contributed by atoms with Gasteiger partial charge < -0.3 is 9.88 Å². The number of H-pyrrole nitrogens is 1. The molecule has 0 atom stereocenters. The van der Waals surface area contributed by atoms with Crippen LogP contribution in [0, 0.1) is 11.3 Å². The molecule has 2 heterocycles. The highest BCUT2D eigenvalue weighted by molar-refractivity contribution is 6.06. The van der Waals surface area contributed by atoms with Crippen molar-refractivity contribution < 1.29 is 4.79 Å². The lowest BCUT2D eigenvalue weighted by molar-refractivity contribution is 0.0693. The van der Waals surface area contributed by atoms with Gasteiger partial charge in [-0.1, -0.05) is 48.5 Å². The van der Waals surface area contributed by atoms with E-state index < -0.39 is 5.41 Å². The Balaban J connectivity index is 1.61. The number of nitrogens with one attached hydrogen (secondary N) is 1. The minimum Gasteiger partial charge on any atom is -0.338 e. The summed E-state index contributed by atoms with van der Waals surface area (Å²) in [6.45, 7) is 1.02. The van der Waals surface area contributed by atoms with Gasteiger partial charge in [0.15, 0.2) is 0 Å². The van der Waals surface area contributed by atoms with Crippen molar-refractivity contribution in [3.8, 4) is 6.07 Å². The van der Waals surface area contributed by atoms with Crippen LogP contribution in [0.4, 0.5) is 0 Å². The summed E-state index contributed by atoms with van der Waals surface area (Å²) >= 11 is 0. The molecule has 0 bridgehead atoms. The van der Waals surface area contributed by atoms with Gasteiger partial charge in [-0.25, -0.2) is 0 Å². The Labute approximate surface area is 156 Å². The minimum atomic E-state index is -0.550. The Bertz CT molecular complexity index is 1090. The highest BCUT2D eigenvalue weighted by Gasteiger charge is 2.38. The van der Waals surface area contributed by atoms with Crippen LogP contribution in [0.5, 0.6) is 0 Å². The largest absolute Gasteiger partial charge is 0.338 e. The molecule has 1 aromatic heterocycles. The van der Waals surface area contributed by atoms with E-state index in [1.165, 1.54) is 6.20 Å². The number of piperidine rings is 1. The molecule has 1 N–H and O–H groups in total. The van der Waals surface area contributed by atoms with Crippen LogP contribution in [0.3, 0.4) is 0 Å². The molecule has 0 radical (unpaired) electrons. The Morgan fingerprint density at radius 2 is 1.63 bits per heavy atom. The lowest BCUT2D eigenvalue weighted by Crippen LogP contribution is -2.44. The van der Waals surface area contributed by atoms with Gasteiger partial charge in [-0.15, -0.1) is 0 Å². The van der Waals surface area contributed by atoms with Crippen LogP contribution in [-0.2, 0) is 5.41 Å². The number of amides is 1. The zero-order valence-electron chi connectivity index (χ0n) is 14.8. The second-order valence-corrected chi connectivity index (χ2v) is 6.93. The molecule has 4 rings (SSSR count). The van der Waals surface area contributed by atoms with E-state index in [2.05, 4.69) is 11.1 Å². The van der Waals surface area contributed by atoms with Crippen molar-refractivity contribution in [2.45, 2.75) is 18.3 Å². The number of hydrogen-bond donors (Lipinski definition) is 1. The first kappa shape index (κ1) is 17.0. The number of pyridine rings is 1. The summed E-state index contributed by atoms with van der Waals surface area (Å²) in [5.74, 6) is -0.109. The summed E-state index contributed by atoms with van der Waals surface area (Å²) in [4.78, 5) is 29.5. The Kier molecular flexibility index (Phi) is 4.25. The zero-order valence-corrected chi connectivity index (χ0v) is 14.8. The number of aromatic nitrogens is 1. The minimum absolute atomic E-state index is 0.109. The number of aromatic amines is 1. The number of fused-ring (bicyclic) bond motifs is 1. The highest BCUT2D eigenvalue weighted by atomic mass is 16.2. The number of rotatable bonds is 2. The molecule has 1 fully saturated rings. The van der Waals surface area contributed by atoms with Crippen molar-refractivity contribution in [2.75, 3.05) is 13.1 Å². The number of carbonyl (C=O) groups excluding carboxylic acids is 1. The maximum atomic E-state index is 13.1. The number of nitrogens with zero attached hydrogens (tertiary/aromatic N) is 2. The lowest BCUT2D eigenvalue weighted by atomic mass is 9.74. The van der Waals surface area contributed by atoms with Crippen molar-refractivity contribution in [3.63, 3.8) is 0 Å². The van der Waals surface area contributed by atoms with Crippen molar-refractivity contribution in [1.29, 1.82) is 5.26 Å². The number of carbonyl (C=O) groups is 1. The van der Waals surface area contributed by atoms with Gasteiger partial charge in [0.1, 0.15) is 0 Å². The summed E-state index contributed by atoms with van der Waals surface area (Å²) in [5, 5.41) is 11.0. The number of benzene rings is 2. The van der Waals surface area contributed by atoms with Gasteiger partial charge in [0.2, 0.25) is 0 Å². The molecule has 3 aromatic rings. The second kappa shape index (κ2) is 6.73. The zero-order chi connectivity index (χ0) is 18.9. The van der Waals surface area contributed by atoms with E-state index in [1.54, 1.807) is 23.1 Å². The van der Waals surface area contributed by atoms with Crippen LogP contribution in [0.2, 0.25) is 0 Å². The Morgan fingerprint density at radius 1 is 1.00 bits per heavy atom. The van der Waals surface area contributed by atoms with Crippen LogP contribution >= 0.6 is 0 Å². The molecular weight excluding hydrogens is 338 g/mol. The third-order valence-electron chi connectivity index (χ3n) is 5.48. The van der Waals surface area contributed by atoms with Crippen LogP contribution in [0.25, 0.3) is 10.8 Å². The second-order valence-electron chi connectivity index (χ2n) is 6.93. The lowest BCUT2D eigenvalue weighted by Gasteiger charge is -2.37. The van der Waals surface area contributed by atoms with Crippen molar-refractivity contribution in [2.24, 2.45) is 0 Å². The summed E-state index contributed by atoms with van der Waals surface area (Å²) in [7, 11) is 0. The predicted molar refractivity (Wildman–Crippen MR) is 103 cm³/mol. The van der Waals surface area contributed by atoms with Crippen molar-refractivity contribution in [1.82, 2.24) is 9.88 Å². The molecule has 1 aliphatic rings. The maximum Gasteiger partial charge on any atom is 0.255 e. The van der Waals surface area contributed by atoms with E-state index in [0.717, 1.165) is 5.56 Å². The number of nitriles is 1. The molecule has 0 unspecified atom stereocenters. The van der Waals surface area contributed by atoms with Gasteiger partial charge in [-0.3, -0.25) is 9.59 Å². The van der Waals surface area contributed by atoms with E-state index in [0.29, 0.717) is 42.3 Å². The molecule has 134 valence electrons. The van der Waals surface area contributed by atoms with Crippen LogP contribution < -0.4 is 5.56 Å². The van der Waals surface area contributed by atoms with Gasteiger partial charge in [0.25, 0.3) is 11.5 Å². The van der Waals surface area contributed by atoms with Crippen LogP contribution in [0.1, 0.15) is 28.8 Å². The SMILES string of the molecule is N#CC1(c2ccccc2)CCN(C(=O)c2c[nH]c(=O)c3ccccc23)CC1. The average Bonchev–Trinajstić information content (AvgIpc) is 2.74. The molecular formula is C22H19N3O2. The van der Waals surface area contributed by atoms with E-state index in [-0.39, 0.29) is 11.5 Å². The number of hydrogen-bond acceptors (Lipinski definition) is 3. The first-order valence-corrected chi connectivity index (χ1v) is 9.01. The third-order valence-corrected chi connectivity index (χ3v) is 5.48. The topological polar surface area (TPSA) is 77.0 Å². The number of likely N-dealkylation sites (tertiary alicyclic amines) is 1. The highest BCUT2D eigenvalue weighted by Crippen LogP contribution is 2.35. The van der Waals surface area contributed by atoms with Crippen LogP contribution in [0.15, 0.2) is 65.6 Å². The maximum absolute atomic E-state index is 13.1. The molecule has 5 heteroatoms. The first-order valence-electron chi connectivity index (χ1n) is 9.01. The van der Waals surface area contributed by atoms with Crippen molar-refractivity contribution in [3.05, 3.63) is 82.3 Å². The van der Waals surface area contributed by atoms with Gasteiger partial charge in [-0.05, 0) is 24.5 Å². The monoisotopic (exact) mass is 357 g/mol. The molecule has 1 amide bonds. The summed E-state index contributed by atoms with van der Waals surface area (Å²) in [5.41, 5.74) is 0.752.